The molecule has 2 rings (SSSR count). The lowest BCUT2D eigenvalue weighted by molar-refractivity contribution is -0.114. The van der Waals surface area contributed by atoms with E-state index < -0.39 is 22.5 Å². The summed E-state index contributed by atoms with van der Waals surface area (Å²) < 4.78 is 35.9. The lowest BCUT2D eigenvalue weighted by Crippen LogP contribution is -2.37. The lowest BCUT2D eigenvalue weighted by atomic mass is 10.2. The third-order valence-electron chi connectivity index (χ3n) is 3.73. The van der Waals surface area contributed by atoms with Crippen molar-refractivity contribution < 1.29 is 22.7 Å². The third kappa shape index (κ3) is 5.27. The Morgan fingerprint density at radius 2 is 1.74 bits per heavy atom. The Hall–Kier alpha value is -2.45. The normalized spacial score (nSPS) is 11.0. The fourth-order valence-corrected chi connectivity index (χ4v) is 3.56. The first-order chi connectivity index (χ1) is 12.7. The van der Waals surface area contributed by atoms with Crippen LogP contribution in [-0.2, 0) is 14.8 Å². The summed E-state index contributed by atoms with van der Waals surface area (Å²) in [4.78, 5) is 12.5. The fraction of sp³-hybridized carbons (Fsp3) is 0.278. The monoisotopic (exact) mass is 412 g/mol. The van der Waals surface area contributed by atoms with Crippen LogP contribution in [0.3, 0.4) is 0 Å². The van der Waals surface area contributed by atoms with Gasteiger partial charge in [0.1, 0.15) is 18.0 Å². The molecule has 0 aliphatic heterocycles. The Balaban J connectivity index is 2.28. The topological polar surface area (TPSA) is 84.9 Å². The van der Waals surface area contributed by atoms with E-state index in [4.69, 9.17) is 21.1 Å². The molecule has 2 aromatic carbocycles. The standard InChI is InChI=1S/C18H21ClN2O5S/c1-12-5-7-17(26-3)15(9-12)21(27(4,23)24)11-18(22)20-13-6-8-16(25-2)14(19)10-13/h5-10H,11H2,1-4H3,(H,20,22). The van der Waals surface area contributed by atoms with E-state index in [2.05, 4.69) is 5.32 Å². The molecule has 0 heterocycles. The molecule has 146 valence electrons. The molecule has 9 heteroatoms. The van der Waals surface area contributed by atoms with E-state index in [0.29, 0.717) is 27.9 Å². The van der Waals surface area contributed by atoms with Crippen LogP contribution in [0.2, 0.25) is 5.02 Å². The molecular formula is C18H21ClN2O5S. The van der Waals surface area contributed by atoms with Crippen molar-refractivity contribution in [2.24, 2.45) is 0 Å². The number of nitrogens with one attached hydrogen (secondary N) is 1. The Bertz CT molecular complexity index is 947. The van der Waals surface area contributed by atoms with Crippen LogP contribution < -0.4 is 19.1 Å². The van der Waals surface area contributed by atoms with Crippen LogP contribution in [0.1, 0.15) is 5.56 Å². The summed E-state index contributed by atoms with van der Waals surface area (Å²) in [6.07, 6.45) is 1.03. The number of halogens is 1. The Labute approximate surface area is 163 Å². The van der Waals surface area contributed by atoms with Crippen molar-refractivity contribution in [1.29, 1.82) is 0 Å². The summed E-state index contributed by atoms with van der Waals surface area (Å²) >= 11 is 6.05. The van der Waals surface area contributed by atoms with Gasteiger partial charge in [0.05, 0.1) is 31.2 Å². The van der Waals surface area contributed by atoms with Gasteiger partial charge in [-0.05, 0) is 42.8 Å². The smallest absolute Gasteiger partial charge is 0.245 e. The van der Waals surface area contributed by atoms with Gasteiger partial charge in [0.2, 0.25) is 15.9 Å². The fourth-order valence-electron chi connectivity index (χ4n) is 2.45. The number of methoxy groups -OCH3 is 2. The number of hydrogen-bond acceptors (Lipinski definition) is 5. The molecule has 0 bridgehead atoms. The summed E-state index contributed by atoms with van der Waals surface area (Å²) in [5.74, 6) is 0.299. The molecule has 0 fully saturated rings. The predicted molar refractivity (Wildman–Crippen MR) is 107 cm³/mol. The summed E-state index contributed by atoms with van der Waals surface area (Å²) in [7, 11) is -0.804. The van der Waals surface area contributed by atoms with Crippen LogP contribution in [0.4, 0.5) is 11.4 Å². The van der Waals surface area contributed by atoms with Crippen LogP contribution in [0, 0.1) is 6.92 Å². The number of carbonyl (C=O) groups excluding carboxylic acids is 1. The second-order valence-corrected chi connectivity index (χ2v) is 8.16. The van der Waals surface area contributed by atoms with Crippen LogP contribution in [-0.4, -0.2) is 41.3 Å². The minimum Gasteiger partial charge on any atom is -0.495 e. The second-order valence-electron chi connectivity index (χ2n) is 5.84. The molecule has 0 aliphatic carbocycles. The average Bonchev–Trinajstić information content (AvgIpc) is 2.59. The zero-order valence-corrected chi connectivity index (χ0v) is 17.0. The van der Waals surface area contributed by atoms with E-state index >= 15 is 0 Å². The van der Waals surface area contributed by atoms with Gasteiger partial charge in [-0.3, -0.25) is 9.10 Å². The van der Waals surface area contributed by atoms with E-state index in [0.717, 1.165) is 16.1 Å². The first-order valence-electron chi connectivity index (χ1n) is 7.91. The number of anilines is 2. The van der Waals surface area contributed by atoms with E-state index in [-0.39, 0.29) is 0 Å². The quantitative estimate of drug-likeness (QED) is 0.755. The van der Waals surface area contributed by atoms with Crippen molar-refractivity contribution in [3.8, 4) is 11.5 Å². The van der Waals surface area contributed by atoms with Gasteiger partial charge < -0.3 is 14.8 Å². The maximum absolute atomic E-state index is 12.5. The zero-order valence-electron chi connectivity index (χ0n) is 15.4. The van der Waals surface area contributed by atoms with E-state index in [9.17, 15) is 13.2 Å². The number of hydrogen-bond donors (Lipinski definition) is 1. The number of sulfonamides is 1. The number of nitrogens with zero attached hydrogens (tertiary/aromatic N) is 1. The Morgan fingerprint density at radius 1 is 1.11 bits per heavy atom. The van der Waals surface area contributed by atoms with Crippen molar-refractivity contribution in [1.82, 2.24) is 0 Å². The van der Waals surface area contributed by atoms with Gasteiger partial charge in [0.25, 0.3) is 0 Å². The van der Waals surface area contributed by atoms with Crippen LogP contribution in [0.5, 0.6) is 11.5 Å². The van der Waals surface area contributed by atoms with Crippen LogP contribution in [0.25, 0.3) is 0 Å². The lowest BCUT2D eigenvalue weighted by Gasteiger charge is -2.24. The van der Waals surface area contributed by atoms with Crippen molar-refractivity contribution in [2.75, 3.05) is 36.6 Å². The molecule has 0 spiro atoms. The van der Waals surface area contributed by atoms with E-state index in [1.165, 1.54) is 20.3 Å². The van der Waals surface area contributed by atoms with Crippen molar-refractivity contribution in [3.63, 3.8) is 0 Å². The molecule has 0 atom stereocenters. The van der Waals surface area contributed by atoms with Gasteiger partial charge in [-0.25, -0.2) is 8.42 Å². The van der Waals surface area contributed by atoms with Gasteiger partial charge in [-0.15, -0.1) is 0 Å². The molecule has 0 saturated carbocycles. The summed E-state index contributed by atoms with van der Waals surface area (Å²) in [5.41, 5.74) is 1.56. The summed E-state index contributed by atoms with van der Waals surface area (Å²) in [6.45, 7) is 1.41. The maximum atomic E-state index is 12.5. The zero-order chi connectivity index (χ0) is 20.2. The van der Waals surface area contributed by atoms with Gasteiger partial charge >= 0.3 is 0 Å². The van der Waals surface area contributed by atoms with Gasteiger partial charge in [0, 0.05) is 5.69 Å². The van der Waals surface area contributed by atoms with Crippen molar-refractivity contribution >= 4 is 38.9 Å². The third-order valence-corrected chi connectivity index (χ3v) is 5.15. The first kappa shape index (κ1) is 20.9. The Morgan fingerprint density at radius 3 is 2.30 bits per heavy atom. The number of ether oxygens (including phenoxy) is 2. The molecule has 2 aromatic rings. The predicted octanol–water partition coefficient (Wildman–Crippen LogP) is 3.07. The molecule has 7 nitrogen and oxygen atoms in total. The summed E-state index contributed by atoms with van der Waals surface area (Å²) in [5, 5.41) is 2.96. The maximum Gasteiger partial charge on any atom is 0.245 e. The average molecular weight is 413 g/mol. The number of benzene rings is 2. The minimum atomic E-state index is -3.73. The van der Waals surface area contributed by atoms with Crippen molar-refractivity contribution in [3.05, 3.63) is 47.0 Å². The molecule has 0 saturated heterocycles. The highest BCUT2D eigenvalue weighted by Gasteiger charge is 2.24. The number of amides is 1. The van der Waals surface area contributed by atoms with Gasteiger partial charge in [0.15, 0.2) is 0 Å². The molecule has 0 aromatic heterocycles. The minimum absolute atomic E-state index is 0.294. The highest BCUT2D eigenvalue weighted by Crippen LogP contribution is 2.31. The van der Waals surface area contributed by atoms with Gasteiger partial charge in [-0.2, -0.15) is 0 Å². The van der Waals surface area contributed by atoms with Crippen LogP contribution in [0.15, 0.2) is 36.4 Å². The van der Waals surface area contributed by atoms with E-state index in [1.807, 2.05) is 6.92 Å². The molecule has 0 radical (unpaired) electrons. The highest BCUT2D eigenvalue weighted by molar-refractivity contribution is 7.92. The largest absolute Gasteiger partial charge is 0.495 e. The Kier molecular flexibility index (Phi) is 6.56. The summed E-state index contributed by atoms with van der Waals surface area (Å²) in [6, 6.07) is 9.84. The highest BCUT2D eigenvalue weighted by atomic mass is 35.5. The number of carbonyl (C=O) groups is 1. The van der Waals surface area contributed by atoms with Crippen molar-refractivity contribution in [2.45, 2.75) is 6.92 Å². The first-order valence-corrected chi connectivity index (χ1v) is 10.1. The molecule has 1 amide bonds. The SMILES string of the molecule is COc1ccc(NC(=O)CN(c2cc(C)ccc2OC)S(C)(=O)=O)cc1Cl. The number of aryl methyl sites for hydroxylation is 1. The molecular weight excluding hydrogens is 392 g/mol. The second kappa shape index (κ2) is 8.49. The molecule has 1 N–H and O–H groups in total. The molecule has 0 unspecified atom stereocenters. The molecule has 27 heavy (non-hydrogen) atoms. The molecule has 0 aliphatic rings. The van der Waals surface area contributed by atoms with E-state index in [1.54, 1.807) is 30.3 Å². The van der Waals surface area contributed by atoms with Crippen LogP contribution >= 0.6 is 11.6 Å². The number of rotatable bonds is 7. The van der Waals surface area contributed by atoms with Gasteiger partial charge in [-0.1, -0.05) is 17.7 Å².